The first-order valence-electron chi connectivity index (χ1n) is 10.3. The maximum Gasteiger partial charge on any atom is 0.137 e. The normalized spacial score (nSPS) is 12.9. The Kier molecular flexibility index (Phi) is 8.27. The molecule has 0 radical (unpaired) electrons. The Hall–Kier alpha value is -3.09. The van der Waals surface area contributed by atoms with Crippen LogP contribution in [0.3, 0.4) is 0 Å². The van der Waals surface area contributed by atoms with Gasteiger partial charge < -0.3 is 24.0 Å². The zero-order valence-corrected chi connectivity index (χ0v) is 17.8. The van der Waals surface area contributed by atoms with Crippen LogP contribution in [-0.2, 0) is 13.1 Å². The molecule has 0 amide bonds. The summed E-state index contributed by atoms with van der Waals surface area (Å²) in [7, 11) is 1.62. The third-order valence-electron chi connectivity index (χ3n) is 5.06. The highest BCUT2D eigenvalue weighted by Crippen LogP contribution is 2.17. The number of hydrogen-bond acceptors (Lipinski definition) is 3. The summed E-state index contributed by atoms with van der Waals surface area (Å²) in [5.74, 6) is 1.22. The fourth-order valence-electron chi connectivity index (χ4n) is 3.54. The first-order valence-corrected chi connectivity index (χ1v) is 10.3. The third-order valence-corrected chi connectivity index (χ3v) is 5.06. The Balaban J connectivity index is 1.56. The predicted octanol–water partition coefficient (Wildman–Crippen LogP) is 2.69. The third kappa shape index (κ3) is 6.98. The molecule has 1 unspecified atom stereocenters. The first-order chi connectivity index (χ1) is 15.1. The molecule has 0 bridgehead atoms. The Bertz CT molecular complexity index is 955. The summed E-state index contributed by atoms with van der Waals surface area (Å²) in [5, 5.41) is 10.5. The number of aliphatic hydroxyl groups is 1. The van der Waals surface area contributed by atoms with E-state index in [9.17, 15) is 9.50 Å². The van der Waals surface area contributed by atoms with Gasteiger partial charge in [-0.3, -0.25) is 0 Å². The van der Waals surface area contributed by atoms with Crippen LogP contribution in [0.5, 0.6) is 11.5 Å². The SMILES string of the molecule is C=CC[NH+](Cc1cccn1Cc1cccc(F)c1)C[C@@H](O)COc1ccc(OC)cc1. The smallest absolute Gasteiger partial charge is 0.137 e. The van der Waals surface area contributed by atoms with Crippen molar-refractivity contribution in [1.29, 1.82) is 0 Å². The van der Waals surface area contributed by atoms with E-state index in [1.165, 1.54) is 11.0 Å². The van der Waals surface area contributed by atoms with Crippen molar-refractivity contribution in [3.05, 3.63) is 96.6 Å². The molecule has 0 saturated heterocycles. The molecule has 31 heavy (non-hydrogen) atoms. The molecule has 0 spiro atoms. The molecule has 0 saturated carbocycles. The van der Waals surface area contributed by atoms with Gasteiger partial charge in [-0.25, -0.2) is 4.39 Å². The van der Waals surface area contributed by atoms with E-state index >= 15 is 0 Å². The molecule has 0 fully saturated rings. The number of ether oxygens (including phenoxy) is 2. The summed E-state index contributed by atoms with van der Waals surface area (Å²) < 4.78 is 26.5. The lowest BCUT2D eigenvalue weighted by atomic mass is 10.2. The van der Waals surface area contributed by atoms with Gasteiger partial charge in [0, 0.05) is 12.7 Å². The van der Waals surface area contributed by atoms with Gasteiger partial charge in [0.25, 0.3) is 0 Å². The molecule has 2 N–H and O–H groups in total. The second-order valence-electron chi connectivity index (χ2n) is 7.52. The lowest BCUT2D eigenvalue weighted by Gasteiger charge is -2.22. The standard InChI is InChI=1S/C25H29FN2O3/c1-3-13-27(18-23(29)19-31-25-11-9-24(30-2)10-12-25)17-22-8-5-14-28(22)16-20-6-4-7-21(26)15-20/h3-12,14-15,23,29H,1,13,16-19H2,2H3/p+1/t23-/m1/s1. The molecular weight excluding hydrogens is 395 g/mol. The fraction of sp³-hybridized carbons (Fsp3) is 0.280. The van der Waals surface area contributed by atoms with Crippen LogP contribution in [0.25, 0.3) is 0 Å². The highest BCUT2D eigenvalue weighted by Gasteiger charge is 2.17. The number of hydrogen-bond donors (Lipinski definition) is 2. The van der Waals surface area contributed by atoms with E-state index in [1.54, 1.807) is 19.2 Å². The molecule has 1 aromatic heterocycles. The Morgan fingerprint density at radius 2 is 1.90 bits per heavy atom. The number of rotatable bonds is 12. The quantitative estimate of drug-likeness (QED) is 0.439. The van der Waals surface area contributed by atoms with E-state index in [0.717, 1.165) is 17.0 Å². The van der Waals surface area contributed by atoms with Crippen molar-refractivity contribution in [2.24, 2.45) is 0 Å². The summed E-state index contributed by atoms with van der Waals surface area (Å²) in [6.45, 7) is 6.61. The van der Waals surface area contributed by atoms with E-state index in [2.05, 4.69) is 17.2 Å². The summed E-state index contributed by atoms with van der Waals surface area (Å²) in [4.78, 5) is 1.17. The molecule has 164 valence electrons. The average molecular weight is 426 g/mol. The minimum absolute atomic E-state index is 0.206. The molecule has 0 aliphatic carbocycles. The highest BCUT2D eigenvalue weighted by molar-refractivity contribution is 5.31. The van der Waals surface area contributed by atoms with Gasteiger partial charge in [-0.1, -0.05) is 18.7 Å². The van der Waals surface area contributed by atoms with E-state index in [-0.39, 0.29) is 12.4 Å². The van der Waals surface area contributed by atoms with Crippen molar-refractivity contribution in [3.63, 3.8) is 0 Å². The largest absolute Gasteiger partial charge is 0.497 e. The van der Waals surface area contributed by atoms with Gasteiger partial charge in [-0.15, -0.1) is 0 Å². The van der Waals surface area contributed by atoms with Crippen molar-refractivity contribution in [1.82, 2.24) is 4.57 Å². The topological polar surface area (TPSA) is 48.1 Å². The van der Waals surface area contributed by atoms with Crippen LogP contribution in [0, 0.1) is 5.82 Å². The lowest BCUT2D eigenvalue weighted by molar-refractivity contribution is -0.911. The van der Waals surface area contributed by atoms with Gasteiger partial charge >= 0.3 is 0 Å². The van der Waals surface area contributed by atoms with Crippen LogP contribution < -0.4 is 14.4 Å². The van der Waals surface area contributed by atoms with E-state index in [4.69, 9.17) is 9.47 Å². The molecular formula is C25H30FN2O3+. The van der Waals surface area contributed by atoms with Crippen LogP contribution >= 0.6 is 0 Å². The van der Waals surface area contributed by atoms with Crippen molar-refractivity contribution in [2.75, 3.05) is 26.8 Å². The number of aromatic nitrogens is 1. The Morgan fingerprint density at radius 1 is 1.13 bits per heavy atom. The number of benzene rings is 2. The summed E-state index contributed by atoms with van der Waals surface area (Å²) in [5.41, 5.74) is 2.03. The number of halogens is 1. The van der Waals surface area contributed by atoms with Crippen molar-refractivity contribution in [3.8, 4) is 11.5 Å². The monoisotopic (exact) mass is 425 g/mol. The van der Waals surface area contributed by atoms with Crippen LogP contribution in [0.1, 0.15) is 11.3 Å². The molecule has 6 heteroatoms. The zero-order chi connectivity index (χ0) is 22.1. The van der Waals surface area contributed by atoms with Gasteiger partial charge in [0.05, 0.1) is 19.3 Å². The highest BCUT2D eigenvalue weighted by atomic mass is 19.1. The molecule has 0 aliphatic heterocycles. The molecule has 1 heterocycles. The van der Waals surface area contributed by atoms with Crippen molar-refractivity contribution in [2.45, 2.75) is 19.2 Å². The predicted molar refractivity (Wildman–Crippen MR) is 119 cm³/mol. The Morgan fingerprint density at radius 3 is 2.61 bits per heavy atom. The summed E-state index contributed by atoms with van der Waals surface area (Å²) >= 11 is 0. The van der Waals surface area contributed by atoms with Gasteiger partial charge in [-0.05, 0) is 60.2 Å². The number of quaternary nitrogens is 1. The molecule has 5 nitrogen and oxygen atoms in total. The van der Waals surface area contributed by atoms with E-state index in [0.29, 0.717) is 31.9 Å². The Labute approximate surface area is 183 Å². The van der Waals surface area contributed by atoms with Crippen molar-refractivity contribution < 1.29 is 23.9 Å². The van der Waals surface area contributed by atoms with Crippen LogP contribution in [0.4, 0.5) is 4.39 Å². The molecule has 0 aliphatic rings. The van der Waals surface area contributed by atoms with Gasteiger partial charge in [0.2, 0.25) is 0 Å². The van der Waals surface area contributed by atoms with Gasteiger partial charge in [0.1, 0.15) is 43.1 Å². The lowest BCUT2D eigenvalue weighted by Crippen LogP contribution is -3.11. The minimum Gasteiger partial charge on any atom is -0.497 e. The van der Waals surface area contributed by atoms with Crippen molar-refractivity contribution >= 4 is 0 Å². The molecule has 2 atom stereocenters. The number of aliphatic hydroxyl groups excluding tert-OH is 1. The minimum atomic E-state index is -0.622. The maximum absolute atomic E-state index is 13.5. The average Bonchev–Trinajstić information content (AvgIpc) is 3.19. The van der Waals surface area contributed by atoms with E-state index < -0.39 is 6.10 Å². The number of nitrogens with zero attached hydrogens (tertiary/aromatic N) is 1. The molecule has 2 aromatic carbocycles. The summed E-state index contributed by atoms with van der Waals surface area (Å²) in [6, 6.07) is 18.0. The molecule has 3 rings (SSSR count). The zero-order valence-electron chi connectivity index (χ0n) is 17.8. The fourth-order valence-corrected chi connectivity index (χ4v) is 3.54. The van der Waals surface area contributed by atoms with E-state index in [1.807, 2.05) is 48.7 Å². The van der Waals surface area contributed by atoms with Gasteiger partial charge in [-0.2, -0.15) is 0 Å². The van der Waals surface area contributed by atoms with Crippen LogP contribution in [-0.4, -0.2) is 42.6 Å². The molecule has 3 aromatic rings. The number of nitrogens with one attached hydrogen (secondary N) is 1. The maximum atomic E-state index is 13.5. The summed E-state index contributed by atoms with van der Waals surface area (Å²) in [6.07, 6.45) is 3.23. The number of methoxy groups -OCH3 is 1. The second-order valence-corrected chi connectivity index (χ2v) is 7.52. The van der Waals surface area contributed by atoms with Gasteiger partial charge in [0.15, 0.2) is 0 Å². The second kappa shape index (κ2) is 11.3. The van der Waals surface area contributed by atoms with Crippen LogP contribution in [0.15, 0.2) is 79.5 Å². The van der Waals surface area contributed by atoms with Crippen LogP contribution in [0.2, 0.25) is 0 Å². The first kappa shape index (κ1) is 22.6.